The molecule has 1 radical (unpaired) electrons. The topological polar surface area (TPSA) is 61.9 Å². The number of nitrogens with one attached hydrogen (secondary N) is 2. The van der Waals surface area contributed by atoms with Gasteiger partial charge in [-0.3, -0.25) is 5.41 Å². The number of guanidine groups is 1. The standard InChI is InChI=1S/C15H18N3/c1-2-13(18-15(16)17)10-12-8-5-7-11-6-3-4-9-14(11)12/h3-9,13H,1-2,10H2,(H4,16,17,18). The molecule has 3 heteroatoms. The van der Waals surface area contributed by atoms with Crippen LogP contribution in [0, 0.1) is 12.3 Å². The van der Waals surface area contributed by atoms with Gasteiger partial charge in [-0.2, -0.15) is 0 Å². The molecule has 0 bridgehead atoms. The van der Waals surface area contributed by atoms with Crippen LogP contribution in [-0.4, -0.2) is 12.0 Å². The molecule has 0 aliphatic carbocycles. The Morgan fingerprint density at radius 2 is 1.94 bits per heavy atom. The molecule has 2 aromatic carbocycles. The number of rotatable bonds is 4. The van der Waals surface area contributed by atoms with Crippen molar-refractivity contribution in [3.05, 3.63) is 55.0 Å². The lowest BCUT2D eigenvalue weighted by atomic mass is 9.98. The SMILES string of the molecule is [CH2]CC(Cc1cccc2ccccc12)NC(=N)N. The summed E-state index contributed by atoms with van der Waals surface area (Å²) in [6.45, 7) is 3.90. The van der Waals surface area contributed by atoms with E-state index in [1.807, 2.05) is 12.1 Å². The summed E-state index contributed by atoms with van der Waals surface area (Å²) in [5.74, 6) is 0.00360. The minimum absolute atomic E-state index is 0.00360. The van der Waals surface area contributed by atoms with E-state index in [0.717, 1.165) is 6.42 Å². The lowest BCUT2D eigenvalue weighted by Gasteiger charge is -2.17. The van der Waals surface area contributed by atoms with Gasteiger partial charge in [0.25, 0.3) is 0 Å². The van der Waals surface area contributed by atoms with Crippen molar-refractivity contribution in [3.63, 3.8) is 0 Å². The van der Waals surface area contributed by atoms with E-state index in [4.69, 9.17) is 11.1 Å². The van der Waals surface area contributed by atoms with Crippen molar-refractivity contribution in [2.45, 2.75) is 18.9 Å². The molecule has 0 aromatic heterocycles. The van der Waals surface area contributed by atoms with Gasteiger partial charge < -0.3 is 11.1 Å². The number of hydrogen-bond donors (Lipinski definition) is 3. The second-order valence-electron chi connectivity index (χ2n) is 4.39. The smallest absolute Gasteiger partial charge is 0.185 e. The molecule has 1 atom stereocenters. The van der Waals surface area contributed by atoms with Gasteiger partial charge in [0.1, 0.15) is 0 Å². The number of benzene rings is 2. The summed E-state index contributed by atoms with van der Waals surface area (Å²) in [5.41, 5.74) is 6.64. The van der Waals surface area contributed by atoms with Crippen LogP contribution in [0.3, 0.4) is 0 Å². The van der Waals surface area contributed by atoms with Crippen molar-refractivity contribution in [3.8, 4) is 0 Å². The lowest BCUT2D eigenvalue weighted by Crippen LogP contribution is -2.40. The maximum absolute atomic E-state index is 7.30. The molecule has 4 N–H and O–H groups in total. The predicted octanol–water partition coefficient (Wildman–Crippen LogP) is 2.46. The molecule has 1 unspecified atom stereocenters. The molecule has 0 amide bonds. The average Bonchev–Trinajstić information content (AvgIpc) is 2.38. The van der Waals surface area contributed by atoms with Crippen LogP contribution in [0.2, 0.25) is 0 Å². The van der Waals surface area contributed by atoms with Crippen LogP contribution >= 0.6 is 0 Å². The van der Waals surface area contributed by atoms with Crippen LogP contribution < -0.4 is 11.1 Å². The summed E-state index contributed by atoms with van der Waals surface area (Å²) < 4.78 is 0. The summed E-state index contributed by atoms with van der Waals surface area (Å²) >= 11 is 0. The number of fused-ring (bicyclic) bond motifs is 1. The van der Waals surface area contributed by atoms with E-state index in [9.17, 15) is 0 Å². The average molecular weight is 240 g/mol. The molecule has 93 valence electrons. The van der Waals surface area contributed by atoms with E-state index in [2.05, 4.69) is 42.6 Å². The van der Waals surface area contributed by atoms with Crippen molar-refractivity contribution in [2.24, 2.45) is 5.73 Å². The molecule has 0 aliphatic heterocycles. The normalized spacial score (nSPS) is 12.3. The third-order valence-electron chi connectivity index (χ3n) is 3.05. The molecule has 0 spiro atoms. The third-order valence-corrected chi connectivity index (χ3v) is 3.05. The first-order valence-corrected chi connectivity index (χ1v) is 6.07. The van der Waals surface area contributed by atoms with E-state index >= 15 is 0 Å². The highest BCUT2D eigenvalue weighted by atomic mass is 15.1. The Morgan fingerprint density at radius 1 is 1.22 bits per heavy atom. The van der Waals surface area contributed by atoms with Gasteiger partial charge in [-0.1, -0.05) is 49.4 Å². The zero-order chi connectivity index (χ0) is 13.0. The molecule has 0 fully saturated rings. The lowest BCUT2D eigenvalue weighted by molar-refractivity contribution is 0.607. The van der Waals surface area contributed by atoms with E-state index < -0.39 is 0 Å². The molecule has 2 aromatic rings. The molecular formula is C15H18N3. The van der Waals surface area contributed by atoms with E-state index in [1.165, 1.54) is 16.3 Å². The number of hydrogen-bond acceptors (Lipinski definition) is 1. The summed E-state index contributed by atoms with van der Waals surface area (Å²) in [7, 11) is 0. The fourth-order valence-electron chi connectivity index (χ4n) is 2.18. The quantitative estimate of drug-likeness (QED) is 0.568. The predicted molar refractivity (Wildman–Crippen MR) is 76.5 cm³/mol. The van der Waals surface area contributed by atoms with Gasteiger partial charge in [-0.25, -0.2) is 0 Å². The van der Waals surface area contributed by atoms with Crippen molar-refractivity contribution >= 4 is 16.7 Å². The van der Waals surface area contributed by atoms with Gasteiger partial charge in [0.15, 0.2) is 5.96 Å². The highest BCUT2D eigenvalue weighted by Gasteiger charge is 2.09. The zero-order valence-corrected chi connectivity index (χ0v) is 10.3. The molecule has 0 saturated heterocycles. The molecule has 3 nitrogen and oxygen atoms in total. The van der Waals surface area contributed by atoms with Gasteiger partial charge in [0.2, 0.25) is 0 Å². The minimum Gasteiger partial charge on any atom is -0.370 e. The molecule has 0 heterocycles. The molecule has 0 aliphatic rings. The van der Waals surface area contributed by atoms with Crippen molar-refractivity contribution < 1.29 is 0 Å². The summed E-state index contributed by atoms with van der Waals surface area (Å²) in [4.78, 5) is 0. The maximum Gasteiger partial charge on any atom is 0.185 e. The highest BCUT2D eigenvalue weighted by molar-refractivity contribution is 5.85. The van der Waals surface area contributed by atoms with E-state index in [0.29, 0.717) is 6.42 Å². The van der Waals surface area contributed by atoms with Crippen LogP contribution in [0.15, 0.2) is 42.5 Å². The van der Waals surface area contributed by atoms with Crippen molar-refractivity contribution in [2.75, 3.05) is 0 Å². The third kappa shape index (κ3) is 2.80. The Hall–Kier alpha value is -2.03. The van der Waals surface area contributed by atoms with Gasteiger partial charge >= 0.3 is 0 Å². The van der Waals surface area contributed by atoms with Gasteiger partial charge in [0.05, 0.1) is 0 Å². The minimum atomic E-state index is 0.00360. The van der Waals surface area contributed by atoms with E-state index in [1.54, 1.807) is 0 Å². The summed E-state index contributed by atoms with van der Waals surface area (Å²) in [6, 6.07) is 14.7. The van der Waals surface area contributed by atoms with E-state index in [-0.39, 0.29) is 12.0 Å². The first-order valence-electron chi connectivity index (χ1n) is 6.07. The monoisotopic (exact) mass is 240 g/mol. The zero-order valence-electron chi connectivity index (χ0n) is 10.3. The second-order valence-corrected chi connectivity index (χ2v) is 4.39. The fraction of sp³-hybridized carbons (Fsp3) is 0.200. The van der Waals surface area contributed by atoms with Crippen LogP contribution in [0.1, 0.15) is 12.0 Å². The summed E-state index contributed by atoms with van der Waals surface area (Å²) in [6.07, 6.45) is 1.52. The maximum atomic E-state index is 7.30. The first kappa shape index (κ1) is 12.4. The summed E-state index contributed by atoms with van der Waals surface area (Å²) in [5, 5.41) is 12.7. The van der Waals surface area contributed by atoms with Gasteiger partial charge in [-0.15, -0.1) is 0 Å². The second kappa shape index (κ2) is 5.54. The van der Waals surface area contributed by atoms with Crippen LogP contribution in [0.4, 0.5) is 0 Å². The van der Waals surface area contributed by atoms with Crippen molar-refractivity contribution in [1.29, 1.82) is 5.41 Å². The van der Waals surface area contributed by atoms with Gasteiger partial charge in [0, 0.05) is 6.04 Å². The molecular weight excluding hydrogens is 222 g/mol. The molecule has 18 heavy (non-hydrogen) atoms. The molecule has 2 rings (SSSR count). The largest absolute Gasteiger partial charge is 0.370 e. The Balaban J connectivity index is 2.27. The Bertz CT molecular complexity index is 543. The Morgan fingerprint density at radius 3 is 2.67 bits per heavy atom. The van der Waals surface area contributed by atoms with Gasteiger partial charge in [-0.05, 0) is 29.2 Å². The van der Waals surface area contributed by atoms with Crippen molar-refractivity contribution in [1.82, 2.24) is 5.32 Å². The molecule has 0 saturated carbocycles. The number of nitrogens with two attached hydrogens (primary N) is 1. The van der Waals surface area contributed by atoms with Crippen LogP contribution in [0.25, 0.3) is 10.8 Å². The first-order chi connectivity index (χ1) is 8.70. The fourth-order valence-corrected chi connectivity index (χ4v) is 2.18. The highest BCUT2D eigenvalue weighted by Crippen LogP contribution is 2.20. The Labute approximate surface area is 108 Å². The van der Waals surface area contributed by atoms with Crippen LogP contribution in [0.5, 0.6) is 0 Å². The Kier molecular flexibility index (Phi) is 3.82. The van der Waals surface area contributed by atoms with Crippen LogP contribution in [-0.2, 0) is 6.42 Å².